The molecule has 6 aromatic rings. The number of fused-ring (bicyclic) bond motifs is 8. The van der Waals surface area contributed by atoms with E-state index in [9.17, 15) is 0 Å². The quantitative estimate of drug-likeness (QED) is 0.181. The molecule has 0 fully saturated rings. The van der Waals surface area contributed by atoms with Crippen LogP contribution in [0.25, 0.3) is 43.5 Å². The molecule has 5 aromatic carbocycles. The summed E-state index contributed by atoms with van der Waals surface area (Å²) in [6.45, 7) is 18.3. The number of furan rings is 1. The van der Waals surface area contributed by atoms with E-state index in [0.29, 0.717) is 36.3 Å². The molecule has 0 aliphatic carbocycles. The molecule has 5 heteroatoms. The second kappa shape index (κ2) is 11.7. The van der Waals surface area contributed by atoms with Gasteiger partial charge in [0, 0.05) is 37.0 Å². The lowest BCUT2D eigenvalue weighted by Crippen LogP contribution is -2.48. The number of hydrogen-bond acceptors (Lipinski definition) is 5. The Kier molecular flexibility index (Phi) is 7.77. The fourth-order valence-corrected chi connectivity index (χ4v) is 8.41. The van der Waals surface area contributed by atoms with E-state index in [1.54, 1.807) is 0 Å². The van der Waals surface area contributed by atoms with Crippen LogP contribution in [0.1, 0.15) is 55.4 Å². The first-order valence-corrected chi connectivity index (χ1v) is 17.4. The predicted octanol–water partition coefficient (Wildman–Crippen LogP) is 10.9. The van der Waals surface area contributed by atoms with E-state index < -0.39 is 0 Å². The Morgan fingerprint density at radius 2 is 1.04 bits per heavy atom. The van der Waals surface area contributed by atoms with Crippen LogP contribution in [0.15, 0.2) is 89.3 Å². The SMILES string of the molecule is CC(C)C1N(C)c2c(ccc3c2oc2ccccc23)N1C(C)C.CC(C)C1N(C)c2cc3cc4ccccc4cc3cc2N1C(C)C. The average molecular weight is 627 g/mol. The molecule has 8 rings (SSSR count). The summed E-state index contributed by atoms with van der Waals surface area (Å²) >= 11 is 0. The molecule has 244 valence electrons. The molecular weight excluding hydrogens is 576 g/mol. The molecule has 3 heterocycles. The van der Waals surface area contributed by atoms with E-state index in [0.717, 1.165) is 11.2 Å². The maximum atomic E-state index is 6.25. The van der Waals surface area contributed by atoms with Gasteiger partial charge < -0.3 is 24.0 Å². The highest BCUT2D eigenvalue weighted by Crippen LogP contribution is 2.49. The first-order chi connectivity index (χ1) is 22.5. The van der Waals surface area contributed by atoms with E-state index in [-0.39, 0.29) is 0 Å². The molecule has 0 saturated heterocycles. The molecule has 2 aliphatic rings. The van der Waals surface area contributed by atoms with Crippen LogP contribution in [0.5, 0.6) is 0 Å². The van der Waals surface area contributed by atoms with E-state index >= 15 is 0 Å². The van der Waals surface area contributed by atoms with Gasteiger partial charge in [0.15, 0.2) is 5.58 Å². The van der Waals surface area contributed by atoms with Crippen LogP contribution in [-0.2, 0) is 0 Å². The largest absolute Gasteiger partial charge is 0.454 e. The molecule has 0 radical (unpaired) electrons. The normalized spacial score (nSPS) is 17.7. The van der Waals surface area contributed by atoms with Gasteiger partial charge in [-0.1, -0.05) is 70.2 Å². The Bertz CT molecular complexity index is 2090. The number of hydrogen-bond donors (Lipinski definition) is 0. The summed E-state index contributed by atoms with van der Waals surface area (Å²) in [4.78, 5) is 9.95. The molecule has 0 saturated carbocycles. The number of benzene rings is 5. The van der Waals surface area contributed by atoms with Crippen LogP contribution in [0, 0.1) is 11.8 Å². The molecule has 1 aromatic heterocycles. The number of para-hydroxylation sites is 1. The van der Waals surface area contributed by atoms with Gasteiger partial charge in [0.2, 0.25) is 0 Å². The molecule has 2 aliphatic heterocycles. The Morgan fingerprint density at radius 1 is 0.511 bits per heavy atom. The Hall–Kier alpha value is -4.38. The summed E-state index contributed by atoms with van der Waals surface area (Å²) in [6, 6.07) is 31.7. The van der Waals surface area contributed by atoms with Gasteiger partial charge >= 0.3 is 0 Å². The van der Waals surface area contributed by atoms with Crippen molar-refractivity contribution in [2.24, 2.45) is 11.8 Å². The average Bonchev–Trinajstić information content (AvgIpc) is 3.66. The standard InChI is InChI=1S/C22H26N2.C20H24N2O/c1-14(2)22-23(5)20-12-18-10-16-8-6-7-9-17(16)11-19(18)13-21(20)24(22)15(3)4;1-12(2)20-21(5)18-16(22(20)13(3)4)11-10-15-14-8-6-7-9-17(14)23-19(15)18/h6-15,22H,1-5H3;6-13,20H,1-5H3. The van der Waals surface area contributed by atoms with Gasteiger partial charge in [0.05, 0.1) is 17.1 Å². The predicted molar refractivity (Wildman–Crippen MR) is 204 cm³/mol. The number of nitrogens with zero attached hydrogens (tertiary/aromatic N) is 4. The van der Waals surface area contributed by atoms with Crippen LogP contribution in [0.3, 0.4) is 0 Å². The van der Waals surface area contributed by atoms with Gasteiger partial charge in [-0.3, -0.25) is 0 Å². The highest BCUT2D eigenvalue weighted by molar-refractivity contribution is 6.12. The third-order valence-corrected chi connectivity index (χ3v) is 10.3. The third kappa shape index (κ3) is 4.97. The van der Waals surface area contributed by atoms with Crippen LogP contribution in [0.2, 0.25) is 0 Å². The van der Waals surface area contributed by atoms with Gasteiger partial charge in [-0.15, -0.1) is 0 Å². The first-order valence-electron chi connectivity index (χ1n) is 17.4. The molecule has 0 N–H and O–H groups in total. The zero-order chi connectivity index (χ0) is 33.3. The maximum Gasteiger partial charge on any atom is 0.160 e. The lowest BCUT2D eigenvalue weighted by Gasteiger charge is -2.36. The van der Waals surface area contributed by atoms with Crippen LogP contribution < -0.4 is 19.6 Å². The van der Waals surface area contributed by atoms with E-state index in [2.05, 4.69) is 168 Å². The van der Waals surface area contributed by atoms with Crippen molar-refractivity contribution in [1.29, 1.82) is 0 Å². The van der Waals surface area contributed by atoms with Gasteiger partial charge in [-0.05, 0) is 104 Å². The van der Waals surface area contributed by atoms with Crippen molar-refractivity contribution in [2.75, 3.05) is 33.7 Å². The highest BCUT2D eigenvalue weighted by Gasteiger charge is 2.39. The topological polar surface area (TPSA) is 26.1 Å². The molecule has 2 atom stereocenters. The summed E-state index contributed by atoms with van der Waals surface area (Å²) in [5, 5.41) is 7.69. The maximum absolute atomic E-state index is 6.25. The Morgan fingerprint density at radius 3 is 1.64 bits per heavy atom. The van der Waals surface area contributed by atoms with Crippen LogP contribution in [-0.4, -0.2) is 38.5 Å². The minimum absolute atomic E-state index is 0.365. The van der Waals surface area contributed by atoms with Crippen molar-refractivity contribution in [3.63, 3.8) is 0 Å². The summed E-state index contributed by atoms with van der Waals surface area (Å²) in [5.41, 5.74) is 7.21. The Balaban J connectivity index is 0.000000150. The first kappa shape index (κ1) is 31.2. The van der Waals surface area contributed by atoms with Crippen molar-refractivity contribution < 1.29 is 4.42 Å². The van der Waals surface area contributed by atoms with Crippen LogP contribution >= 0.6 is 0 Å². The molecule has 47 heavy (non-hydrogen) atoms. The summed E-state index contributed by atoms with van der Waals surface area (Å²) < 4.78 is 6.25. The summed E-state index contributed by atoms with van der Waals surface area (Å²) in [6.07, 6.45) is 0.787. The van der Waals surface area contributed by atoms with Gasteiger partial charge in [0.25, 0.3) is 0 Å². The van der Waals surface area contributed by atoms with Gasteiger partial charge in [0.1, 0.15) is 23.6 Å². The monoisotopic (exact) mass is 626 g/mol. The molecule has 0 amide bonds. The van der Waals surface area contributed by atoms with Gasteiger partial charge in [-0.2, -0.15) is 0 Å². The fraction of sp³-hybridized carbons (Fsp3) is 0.381. The van der Waals surface area contributed by atoms with Crippen molar-refractivity contribution in [3.8, 4) is 0 Å². The zero-order valence-corrected chi connectivity index (χ0v) is 29.7. The van der Waals surface area contributed by atoms with E-state index in [1.165, 1.54) is 55.1 Å². The highest BCUT2D eigenvalue weighted by atomic mass is 16.3. The van der Waals surface area contributed by atoms with Crippen molar-refractivity contribution in [2.45, 2.75) is 79.8 Å². The fourth-order valence-electron chi connectivity index (χ4n) is 8.41. The molecule has 5 nitrogen and oxygen atoms in total. The lowest BCUT2D eigenvalue weighted by molar-refractivity contribution is 0.442. The lowest BCUT2D eigenvalue weighted by atomic mass is 10.0. The number of anilines is 4. The van der Waals surface area contributed by atoms with Crippen molar-refractivity contribution in [3.05, 3.63) is 84.9 Å². The smallest absolute Gasteiger partial charge is 0.160 e. The molecule has 0 bridgehead atoms. The van der Waals surface area contributed by atoms with E-state index in [1.807, 2.05) is 6.07 Å². The second-order valence-corrected chi connectivity index (χ2v) is 14.8. The molecule has 2 unspecified atom stereocenters. The minimum Gasteiger partial charge on any atom is -0.454 e. The van der Waals surface area contributed by atoms with Gasteiger partial charge in [-0.25, -0.2) is 0 Å². The number of rotatable bonds is 4. The summed E-state index contributed by atoms with van der Waals surface area (Å²) in [7, 11) is 4.43. The molecular formula is C42H50N4O. The molecule has 0 spiro atoms. The second-order valence-electron chi connectivity index (χ2n) is 14.8. The zero-order valence-electron chi connectivity index (χ0n) is 29.7. The van der Waals surface area contributed by atoms with Crippen LogP contribution in [0.4, 0.5) is 22.7 Å². The Labute approximate surface area is 280 Å². The minimum atomic E-state index is 0.365. The van der Waals surface area contributed by atoms with Crippen molar-refractivity contribution in [1.82, 2.24) is 0 Å². The third-order valence-electron chi connectivity index (χ3n) is 10.3. The van der Waals surface area contributed by atoms with E-state index in [4.69, 9.17) is 4.42 Å². The summed E-state index contributed by atoms with van der Waals surface area (Å²) in [5.74, 6) is 1.11. The van der Waals surface area contributed by atoms with Crippen molar-refractivity contribution >= 4 is 66.2 Å².